The van der Waals surface area contributed by atoms with Crippen molar-refractivity contribution in [2.24, 2.45) is 0 Å². The van der Waals surface area contributed by atoms with E-state index < -0.39 is 0 Å². The fourth-order valence-electron chi connectivity index (χ4n) is 1.37. The van der Waals surface area contributed by atoms with Crippen LogP contribution in [0.2, 0.25) is 15.1 Å². The molecule has 0 amide bonds. The van der Waals surface area contributed by atoms with Gasteiger partial charge in [-0.2, -0.15) is 0 Å². The van der Waals surface area contributed by atoms with Gasteiger partial charge in [0.15, 0.2) is 0 Å². The maximum atomic E-state index is 6.04. The van der Waals surface area contributed by atoms with Gasteiger partial charge in [-0.05, 0) is 23.8 Å². The van der Waals surface area contributed by atoms with Gasteiger partial charge in [-0.3, -0.25) is 0 Å². The molecule has 2 nitrogen and oxygen atoms in total. The summed E-state index contributed by atoms with van der Waals surface area (Å²) in [5.74, 6) is 0. The zero-order chi connectivity index (χ0) is 11.5. The van der Waals surface area contributed by atoms with Gasteiger partial charge in [0.1, 0.15) is 0 Å². The average Bonchev–Trinajstić information content (AvgIpc) is 2.68. The Morgan fingerprint density at radius 3 is 2.38 bits per heavy atom. The topological polar surface area (TPSA) is 27.8 Å². The SMILES string of the molecule is Clc1cc(Cl)c(NCc2cc[nH]c2)c(Cl)c1. The molecule has 0 atom stereocenters. The van der Waals surface area contributed by atoms with Crippen LogP contribution >= 0.6 is 34.8 Å². The monoisotopic (exact) mass is 274 g/mol. The van der Waals surface area contributed by atoms with Crippen LogP contribution in [0, 0.1) is 0 Å². The van der Waals surface area contributed by atoms with Crippen molar-refractivity contribution in [2.75, 3.05) is 5.32 Å². The van der Waals surface area contributed by atoms with Crippen LogP contribution in [0.1, 0.15) is 5.56 Å². The molecule has 0 radical (unpaired) electrons. The van der Waals surface area contributed by atoms with E-state index in [4.69, 9.17) is 34.8 Å². The van der Waals surface area contributed by atoms with Gasteiger partial charge < -0.3 is 10.3 Å². The van der Waals surface area contributed by atoms with E-state index in [-0.39, 0.29) is 0 Å². The Morgan fingerprint density at radius 2 is 1.81 bits per heavy atom. The van der Waals surface area contributed by atoms with Crippen LogP contribution in [0.15, 0.2) is 30.6 Å². The lowest BCUT2D eigenvalue weighted by Crippen LogP contribution is -1.99. The van der Waals surface area contributed by atoms with Crippen LogP contribution in [0.5, 0.6) is 0 Å². The van der Waals surface area contributed by atoms with Crippen molar-refractivity contribution < 1.29 is 0 Å². The molecule has 2 aromatic rings. The summed E-state index contributed by atoms with van der Waals surface area (Å²) >= 11 is 17.9. The molecule has 0 saturated carbocycles. The summed E-state index contributed by atoms with van der Waals surface area (Å²) < 4.78 is 0. The Balaban J connectivity index is 2.15. The van der Waals surface area contributed by atoms with Gasteiger partial charge in [0, 0.05) is 24.0 Å². The summed E-state index contributed by atoms with van der Waals surface area (Å²) in [7, 11) is 0. The van der Waals surface area contributed by atoms with E-state index in [1.54, 1.807) is 12.1 Å². The molecule has 16 heavy (non-hydrogen) atoms. The highest BCUT2D eigenvalue weighted by atomic mass is 35.5. The minimum Gasteiger partial charge on any atom is -0.378 e. The van der Waals surface area contributed by atoms with E-state index in [0.29, 0.717) is 27.3 Å². The predicted octanol–water partition coefficient (Wildman–Crippen LogP) is 4.59. The van der Waals surface area contributed by atoms with Gasteiger partial charge in [-0.15, -0.1) is 0 Å². The third-order valence-electron chi connectivity index (χ3n) is 2.14. The summed E-state index contributed by atoms with van der Waals surface area (Å²) in [5.41, 5.74) is 1.83. The number of aromatic nitrogens is 1. The van der Waals surface area contributed by atoms with Crippen molar-refractivity contribution in [3.05, 3.63) is 51.2 Å². The minimum absolute atomic E-state index is 0.521. The zero-order valence-corrected chi connectivity index (χ0v) is 10.5. The first-order chi connectivity index (χ1) is 7.66. The molecular weight excluding hydrogens is 266 g/mol. The Hall–Kier alpha value is -0.830. The highest BCUT2D eigenvalue weighted by Crippen LogP contribution is 2.33. The third kappa shape index (κ3) is 2.64. The van der Waals surface area contributed by atoms with Crippen LogP contribution in [-0.4, -0.2) is 4.98 Å². The number of nitrogens with one attached hydrogen (secondary N) is 2. The highest BCUT2D eigenvalue weighted by Gasteiger charge is 2.07. The molecule has 0 aliphatic rings. The molecule has 0 unspecified atom stereocenters. The summed E-state index contributed by atoms with van der Waals surface area (Å²) in [6.45, 7) is 0.657. The minimum atomic E-state index is 0.521. The van der Waals surface area contributed by atoms with Crippen molar-refractivity contribution in [2.45, 2.75) is 6.54 Å². The molecule has 0 saturated heterocycles. The normalized spacial score (nSPS) is 10.4. The van der Waals surface area contributed by atoms with E-state index in [0.717, 1.165) is 5.56 Å². The number of rotatable bonds is 3. The molecule has 0 aliphatic heterocycles. The maximum absolute atomic E-state index is 6.04. The van der Waals surface area contributed by atoms with E-state index >= 15 is 0 Å². The highest BCUT2D eigenvalue weighted by molar-refractivity contribution is 6.41. The first-order valence-corrected chi connectivity index (χ1v) is 5.80. The predicted molar refractivity (Wildman–Crippen MR) is 69.6 cm³/mol. The summed E-state index contributed by atoms with van der Waals surface area (Å²) in [5, 5.41) is 4.74. The Bertz CT molecular complexity index is 457. The van der Waals surface area contributed by atoms with Crippen LogP contribution < -0.4 is 5.32 Å². The third-order valence-corrected chi connectivity index (χ3v) is 2.95. The molecule has 84 valence electrons. The number of anilines is 1. The molecule has 0 spiro atoms. The van der Waals surface area contributed by atoms with Crippen molar-refractivity contribution in [3.8, 4) is 0 Å². The van der Waals surface area contributed by atoms with Crippen molar-refractivity contribution in [1.29, 1.82) is 0 Å². The molecule has 1 aromatic carbocycles. The van der Waals surface area contributed by atoms with Crippen LogP contribution in [0.4, 0.5) is 5.69 Å². The molecule has 0 aliphatic carbocycles. The van der Waals surface area contributed by atoms with E-state index in [1.807, 2.05) is 18.5 Å². The van der Waals surface area contributed by atoms with Crippen molar-refractivity contribution in [3.63, 3.8) is 0 Å². The second-order valence-electron chi connectivity index (χ2n) is 3.32. The number of hydrogen-bond acceptors (Lipinski definition) is 1. The lowest BCUT2D eigenvalue weighted by molar-refractivity contribution is 1.15. The summed E-state index contributed by atoms with van der Waals surface area (Å²) in [4.78, 5) is 2.98. The smallest absolute Gasteiger partial charge is 0.0722 e. The van der Waals surface area contributed by atoms with Crippen LogP contribution in [-0.2, 0) is 6.54 Å². The van der Waals surface area contributed by atoms with Gasteiger partial charge in [-0.1, -0.05) is 34.8 Å². The standard InChI is InChI=1S/C11H9Cl3N2/c12-8-3-9(13)11(10(14)4-8)16-6-7-1-2-15-5-7/h1-5,15-16H,6H2. The zero-order valence-electron chi connectivity index (χ0n) is 8.23. The number of benzene rings is 1. The lowest BCUT2D eigenvalue weighted by Gasteiger charge is -2.09. The van der Waals surface area contributed by atoms with E-state index in [2.05, 4.69) is 10.3 Å². The Morgan fingerprint density at radius 1 is 1.12 bits per heavy atom. The molecule has 0 fully saturated rings. The number of halogens is 3. The molecule has 2 N–H and O–H groups in total. The maximum Gasteiger partial charge on any atom is 0.0722 e. The van der Waals surface area contributed by atoms with Crippen LogP contribution in [0.25, 0.3) is 0 Å². The summed E-state index contributed by atoms with van der Waals surface area (Å²) in [6, 6.07) is 5.30. The molecular formula is C11H9Cl3N2. The fourth-order valence-corrected chi connectivity index (χ4v) is 2.32. The quantitative estimate of drug-likeness (QED) is 0.842. The summed E-state index contributed by atoms with van der Waals surface area (Å²) in [6.07, 6.45) is 3.77. The fraction of sp³-hybridized carbons (Fsp3) is 0.0909. The van der Waals surface area contributed by atoms with Crippen LogP contribution in [0.3, 0.4) is 0 Å². The average molecular weight is 276 g/mol. The largest absolute Gasteiger partial charge is 0.378 e. The van der Waals surface area contributed by atoms with E-state index in [9.17, 15) is 0 Å². The lowest BCUT2D eigenvalue weighted by atomic mass is 10.3. The van der Waals surface area contributed by atoms with Gasteiger partial charge in [-0.25, -0.2) is 0 Å². The van der Waals surface area contributed by atoms with Crippen molar-refractivity contribution >= 4 is 40.5 Å². The molecule has 5 heteroatoms. The molecule has 1 aromatic heterocycles. The van der Waals surface area contributed by atoms with Crippen molar-refractivity contribution in [1.82, 2.24) is 4.98 Å². The second-order valence-corrected chi connectivity index (χ2v) is 4.57. The van der Waals surface area contributed by atoms with Gasteiger partial charge in [0.2, 0.25) is 0 Å². The molecule has 2 rings (SSSR count). The Kier molecular flexibility index (Phi) is 3.64. The van der Waals surface area contributed by atoms with Gasteiger partial charge in [0.25, 0.3) is 0 Å². The second kappa shape index (κ2) is 5.00. The number of H-pyrrole nitrogens is 1. The number of hydrogen-bond donors (Lipinski definition) is 2. The first-order valence-electron chi connectivity index (χ1n) is 4.67. The first kappa shape index (κ1) is 11.6. The number of aromatic amines is 1. The molecule has 1 heterocycles. The Labute approximate surface area is 109 Å². The van der Waals surface area contributed by atoms with Gasteiger partial charge in [0.05, 0.1) is 15.7 Å². The molecule has 0 bridgehead atoms. The van der Waals surface area contributed by atoms with Gasteiger partial charge >= 0.3 is 0 Å². The van der Waals surface area contributed by atoms with E-state index in [1.165, 1.54) is 0 Å².